The summed E-state index contributed by atoms with van der Waals surface area (Å²) in [5, 5.41) is 2.31. The van der Waals surface area contributed by atoms with E-state index in [4.69, 9.17) is 0 Å². The summed E-state index contributed by atoms with van der Waals surface area (Å²) in [5.74, 6) is 0. The number of allylic oxidation sites excluding steroid dienone is 3. The van der Waals surface area contributed by atoms with Crippen molar-refractivity contribution in [3.63, 3.8) is 0 Å². The lowest BCUT2D eigenvalue weighted by molar-refractivity contribution is 1.26. The highest BCUT2D eigenvalue weighted by Gasteiger charge is 2.01. The summed E-state index contributed by atoms with van der Waals surface area (Å²) in [5.41, 5.74) is 8.86. The van der Waals surface area contributed by atoms with Crippen molar-refractivity contribution in [1.82, 2.24) is 0 Å². The molecule has 146 valence electrons. The first kappa shape index (κ1) is 21.0. The van der Waals surface area contributed by atoms with Gasteiger partial charge in [0.2, 0.25) is 0 Å². The van der Waals surface area contributed by atoms with E-state index in [1.807, 2.05) is 6.08 Å². The highest BCUT2D eigenvalue weighted by molar-refractivity contribution is 7.15. The second kappa shape index (κ2) is 9.68. The molecule has 0 aliphatic rings. The Kier molecular flexibility index (Phi) is 7.02. The summed E-state index contributed by atoms with van der Waals surface area (Å²) < 4.78 is 0. The van der Waals surface area contributed by atoms with Gasteiger partial charge in [0, 0.05) is 0 Å². The molecule has 0 heterocycles. The third-order valence-electron chi connectivity index (χ3n) is 5.40. The minimum atomic E-state index is 0.898. The van der Waals surface area contributed by atoms with Crippen LogP contribution in [0.4, 0.5) is 0 Å². The fraction of sp³-hybridized carbons (Fsp3) is 0.143. The highest BCUT2D eigenvalue weighted by atomic mass is 31.0. The molecule has 1 heteroatoms. The molecule has 0 aliphatic carbocycles. The predicted octanol–water partition coefficient (Wildman–Crippen LogP) is 6.06. The molecule has 0 spiro atoms. The van der Waals surface area contributed by atoms with Crippen LogP contribution in [0.5, 0.6) is 0 Å². The zero-order valence-corrected chi connectivity index (χ0v) is 18.6. The van der Waals surface area contributed by atoms with Crippen LogP contribution in [0.2, 0.25) is 0 Å². The summed E-state index contributed by atoms with van der Waals surface area (Å²) in [6.07, 6.45) is 8.14. The lowest BCUT2D eigenvalue weighted by Gasteiger charge is -2.07. The van der Waals surface area contributed by atoms with Gasteiger partial charge in [-0.2, -0.15) is 0 Å². The second-order valence-corrected chi connectivity index (χ2v) is 7.83. The van der Waals surface area contributed by atoms with Gasteiger partial charge in [0.1, 0.15) is 0 Å². The van der Waals surface area contributed by atoms with Gasteiger partial charge in [0.05, 0.1) is 0 Å². The maximum absolute atomic E-state index is 4.29. The topological polar surface area (TPSA) is 0 Å². The zero-order valence-electron chi connectivity index (χ0n) is 17.4. The first-order valence-corrected chi connectivity index (χ1v) is 10.8. The van der Waals surface area contributed by atoms with E-state index in [2.05, 4.69) is 109 Å². The smallest absolute Gasteiger partial charge is 0.00999 e. The summed E-state index contributed by atoms with van der Waals surface area (Å²) in [6.45, 7) is 12.4. The third kappa shape index (κ3) is 5.03. The van der Waals surface area contributed by atoms with Crippen LogP contribution in [0.25, 0.3) is 29.4 Å². The molecule has 0 aromatic heterocycles. The Morgan fingerprint density at radius 2 is 1.76 bits per heavy atom. The summed E-state index contributed by atoms with van der Waals surface area (Å²) in [4.78, 5) is 0. The lowest BCUT2D eigenvalue weighted by atomic mass is 9.98. The number of aryl methyl sites for hydroxylation is 1. The highest BCUT2D eigenvalue weighted by Crippen LogP contribution is 2.23. The molecule has 0 bridgehead atoms. The third-order valence-corrected chi connectivity index (χ3v) is 5.81. The Hall–Kier alpha value is -2.69. The van der Waals surface area contributed by atoms with Crippen LogP contribution in [0.3, 0.4) is 0 Å². The van der Waals surface area contributed by atoms with Crippen molar-refractivity contribution in [3.8, 4) is 11.1 Å². The minimum Gasteiger partial charge on any atom is -0.133 e. The molecule has 1 unspecified atom stereocenters. The molecule has 0 saturated heterocycles. The van der Waals surface area contributed by atoms with Crippen LogP contribution in [0, 0.1) is 6.92 Å². The summed E-state index contributed by atoms with van der Waals surface area (Å²) in [6, 6.07) is 21.8. The zero-order chi connectivity index (χ0) is 20.8. The predicted molar refractivity (Wildman–Crippen MR) is 133 cm³/mol. The largest absolute Gasteiger partial charge is 0.133 e. The number of hydrogen-bond donors (Lipinski definition) is 0. The van der Waals surface area contributed by atoms with E-state index < -0.39 is 0 Å². The molecule has 0 radical (unpaired) electrons. The molecular formula is C28H29P. The molecule has 0 saturated carbocycles. The van der Waals surface area contributed by atoms with Gasteiger partial charge in [-0.1, -0.05) is 85.5 Å². The van der Waals surface area contributed by atoms with Crippen molar-refractivity contribution in [1.29, 1.82) is 0 Å². The number of hydrogen-bond acceptors (Lipinski definition) is 0. The van der Waals surface area contributed by atoms with Gasteiger partial charge in [0.25, 0.3) is 0 Å². The van der Waals surface area contributed by atoms with E-state index >= 15 is 0 Å². The van der Waals surface area contributed by atoms with Gasteiger partial charge in [-0.05, 0) is 75.8 Å². The Labute approximate surface area is 177 Å². The van der Waals surface area contributed by atoms with Crippen molar-refractivity contribution < 1.29 is 0 Å². The molecule has 0 N–H and O–H groups in total. The first-order valence-electron chi connectivity index (χ1n) is 10.00. The van der Waals surface area contributed by atoms with E-state index in [0.717, 1.165) is 17.8 Å². The van der Waals surface area contributed by atoms with Crippen LogP contribution < -0.4 is 10.4 Å². The molecule has 0 fully saturated rings. The van der Waals surface area contributed by atoms with Gasteiger partial charge in [-0.25, -0.2) is 0 Å². The Bertz CT molecular complexity index is 1150. The van der Waals surface area contributed by atoms with Crippen LogP contribution in [-0.4, -0.2) is 0 Å². The van der Waals surface area contributed by atoms with Gasteiger partial charge in [-0.3, -0.25) is 0 Å². The quantitative estimate of drug-likeness (QED) is 0.351. The Balaban J connectivity index is 1.87. The minimum absolute atomic E-state index is 0.898. The summed E-state index contributed by atoms with van der Waals surface area (Å²) in [7, 11) is 2.81. The SMILES string of the molecule is C=CCc1cccc(-c2ccc(/C(C)=C/C=c3/ccc(C)c(CP)c3=C)cc2)c1. The Morgan fingerprint density at radius 3 is 2.45 bits per heavy atom. The normalized spacial score (nSPS) is 12.2. The molecular weight excluding hydrogens is 367 g/mol. The van der Waals surface area contributed by atoms with Crippen LogP contribution in [0.1, 0.15) is 29.2 Å². The fourth-order valence-electron chi connectivity index (χ4n) is 3.55. The van der Waals surface area contributed by atoms with Crippen LogP contribution in [-0.2, 0) is 12.6 Å². The number of benzene rings is 3. The molecule has 1 atom stereocenters. The van der Waals surface area contributed by atoms with Gasteiger partial charge < -0.3 is 0 Å². The molecule has 3 rings (SSSR count). The Morgan fingerprint density at radius 1 is 1.00 bits per heavy atom. The molecule has 0 amide bonds. The molecule has 0 nitrogen and oxygen atoms in total. The second-order valence-electron chi connectivity index (χ2n) is 7.42. The van der Waals surface area contributed by atoms with Crippen molar-refractivity contribution in [2.24, 2.45) is 0 Å². The molecule has 3 aromatic rings. The van der Waals surface area contributed by atoms with Crippen LogP contribution >= 0.6 is 9.24 Å². The number of rotatable bonds is 6. The van der Waals surface area contributed by atoms with Crippen molar-refractivity contribution >= 4 is 27.5 Å². The maximum atomic E-state index is 4.29. The van der Waals surface area contributed by atoms with Gasteiger partial charge in [0.15, 0.2) is 0 Å². The molecule has 3 aromatic carbocycles. The average Bonchev–Trinajstić information content (AvgIpc) is 2.74. The van der Waals surface area contributed by atoms with E-state index in [0.29, 0.717) is 0 Å². The molecule has 0 aliphatic heterocycles. The lowest BCUT2D eigenvalue weighted by Crippen LogP contribution is -2.27. The van der Waals surface area contributed by atoms with Crippen LogP contribution in [0.15, 0.2) is 79.4 Å². The van der Waals surface area contributed by atoms with E-state index in [1.165, 1.54) is 44.2 Å². The molecule has 29 heavy (non-hydrogen) atoms. The van der Waals surface area contributed by atoms with Crippen molar-refractivity contribution in [2.45, 2.75) is 26.4 Å². The monoisotopic (exact) mass is 396 g/mol. The van der Waals surface area contributed by atoms with E-state index in [9.17, 15) is 0 Å². The van der Waals surface area contributed by atoms with E-state index in [1.54, 1.807) is 0 Å². The first-order chi connectivity index (χ1) is 14.0. The maximum Gasteiger partial charge on any atom is -0.00999 e. The van der Waals surface area contributed by atoms with Crippen molar-refractivity contribution in [3.05, 3.63) is 112 Å². The van der Waals surface area contributed by atoms with E-state index in [-0.39, 0.29) is 0 Å². The van der Waals surface area contributed by atoms with Gasteiger partial charge >= 0.3 is 0 Å². The van der Waals surface area contributed by atoms with Gasteiger partial charge in [-0.15, -0.1) is 15.8 Å². The average molecular weight is 397 g/mol. The van der Waals surface area contributed by atoms with Crippen molar-refractivity contribution in [2.75, 3.05) is 0 Å². The summed E-state index contributed by atoms with van der Waals surface area (Å²) >= 11 is 0. The fourth-order valence-corrected chi connectivity index (χ4v) is 4.12. The standard InChI is InChI=1S/C28H29P/c1-5-7-23-8-6-9-27(18-23)26-16-14-24(15-17-26)20(2)10-12-25-13-11-21(3)28(19-29)22(25)4/h5-6,8-18H,1,4,7,19,29H2,2-3H3/b20-10+,25-12-.